The molecule has 3 nitrogen and oxygen atoms in total. The van der Waals surface area contributed by atoms with E-state index < -0.39 is 0 Å². The topological polar surface area (TPSA) is 46.3 Å². The lowest BCUT2D eigenvalue weighted by Crippen LogP contribution is -2.47. The lowest BCUT2D eigenvalue weighted by Gasteiger charge is -2.32. The minimum absolute atomic E-state index is 0.237. The second-order valence-electron chi connectivity index (χ2n) is 6.17. The summed E-state index contributed by atoms with van der Waals surface area (Å²) >= 11 is 0. The summed E-state index contributed by atoms with van der Waals surface area (Å²) in [6, 6.07) is 10.7. The average molecular weight is 272 g/mol. The van der Waals surface area contributed by atoms with Gasteiger partial charge in [0.05, 0.1) is 5.41 Å². The van der Waals surface area contributed by atoms with E-state index in [4.69, 9.17) is 5.73 Å². The van der Waals surface area contributed by atoms with E-state index in [0.29, 0.717) is 25.0 Å². The molecule has 0 saturated heterocycles. The van der Waals surface area contributed by atoms with Crippen LogP contribution in [-0.2, 0) is 10.2 Å². The van der Waals surface area contributed by atoms with Crippen LogP contribution in [0.3, 0.4) is 0 Å². The van der Waals surface area contributed by atoms with Gasteiger partial charge in [0.25, 0.3) is 0 Å². The molecular weight excluding hydrogens is 248 g/mol. The number of hydrogen-bond donors (Lipinski definition) is 1. The molecule has 3 heteroatoms. The molecule has 0 radical (unpaired) electrons. The van der Waals surface area contributed by atoms with E-state index in [2.05, 4.69) is 17.0 Å². The number of carbonyl (C=O) groups excluding carboxylic acids is 1. The van der Waals surface area contributed by atoms with Gasteiger partial charge in [-0.3, -0.25) is 4.79 Å². The molecular formula is C17H24N2O. The fraction of sp³-hybridized carbons (Fsp3) is 0.588. The number of benzene rings is 1. The van der Waals surface area contributed by atoms with Crippen LogP contribution in [0, 0.1) is 0 Å². The van der Waals surface area contributed by atoms with Gasteiger partial charge in [0.2, 0.25) is 5.91 Å². The molecule has 1 aromatic rings. The van der Waals surface area contributed by atoms with Crippen molar-refractivity contribution in [2.45, 2.75) is 50.0 Å². The normalized spacial score (nSPS) is 20.9. The molecule has 0 unspecified atom stereocenters. The van der Waals surface area contributed by atoms with Crippen molar-refractivity contribution >= 4 is 5.91 Å². The molecule has 2 N–H and O–H groups in total. The first kappa shape index (κ1) is 13.6. The summed E-state index contributed by atoms with van der Waals surface area (Å²) in [6.07, 6.45) is 6.77. The Labute approximate surface area is 121 Å². The van der Waals surface area contributed by atoms with Crippen molar-refractivity contribution < 1.29 is 4.79 Å². The summed E-state index contributed by atoms with van der Waals surface area (Å²) < 4.78 is 0. The van der Waals surface area contributed by atoms with Gasteiger partial charge in [-0.1, -0.05) is 43.2 Å². The lowest BCUT2D eigenvalue weighted by atomic mass is 9.93. The monoisotopic (exact) mass is 272 g/mol. The number of amides is 1. The molecule has 0 heterocycles. The number of carbonyl (C=O) groups is 1. The van der Waals surface area contributed by atoms with Gasteiger partial charge >= 0.3 is 0 Å². The van der Waals surface area contributed by atoms with Crippen LogP contribution in [-0.4, -0.2) is 29.9 Å². The summed E-state index contributed by atoms with van der Waals surface area (Å²) in [4.78, 5) is 15.2. The van der Waals surface area contributed by atoms with E-state index in [-0.39, 0.29) is 5.41 Å². The van der Waals surface area contributed by atoms with Crippen molar-refractivity contribution in [1.82, 2.24) is 4.90 Å². The van der Waals surface area contributed by atoms with Crippen molar-refractivity contribution in [3.63, 3.8) is 0 Å². The van der Waals surface area contributed by atoms with E-state index in [0.717, 1.165) is 25.7 Å². The highest BCUT2D eigenvalue weighted by atomic mass is 16.2. The Balaban J connectivity index is 1.82. The molecule has 0 aliphatic heterocycles. The summed E-state index contributed by atoms with van der Waals surface area (Å²) in [5.74, 6) is 0.320. The van der Waals surface area contributed by atoms with Crippen LogP contribution in [0.4, 0.5) is 0 Å². The third-order valence-corrected chi connectivity index (χ3v) is 4.88. The van der Waals surface area contributed by atoms with E-state index in [1.54, 1.807) is 0 Å². The first-order valence-electron chi connectivity index (χ1n) is 7.84. The van der Waals surface area contributed by atoms with Crippen LogP contribution in [0.5, 0.6) is 0 Å². The largest absolute Gasteiger partial charge is 0.338 e. The molecule has 108 valence electrons. The first-order valence-corrected chi connectivity index (χ1v) is 7.84. The third-order valence-electron chi connectivity index (χ3n) is 4.88. The zero-order valence-electron chi connectivity index (χ0n) is 12.1. The van der Waals surface area contributed by atoms with Gasteiger partial charge in [-0.15, -0.1) is 0 Å². The SMILES string of the molecule is NCCN(C(=O)C1(c2ccccc2)CC1)C1CCCC1. The molecule has 0 atom stereocenters. The second-order valence-corrected chi connectivity index (χ2v) is 6.17. The quantitative estimate of drug-likeness (QED) is 0.895. The predicted molar refractivity (Wildman–Crippen MR) is 80.4 cm³/mol. The fourth-order valence-corrected chi connectivity index (χ4v) is 3.59. The Morgan fingerprint density at radius 2 is 1.85 bits per heavy atom. The summed E-state index contributed by atoms with van der Waals surface area (Å²) in [5.41, 5.74) is 6.69. The number of rotatable bonds is 5. The van der Waals surface area contributed by atoms with Crippen molar-refractivity contribution in [3.8, 4) is 0 Å². The molecule has 1 aromatic carbocycles. The van der Waals surface area contributed by atoms with Gasteiger partial charge in [-0.25, -0.2) is 0 Å². The van der Waals surface area contributed by atoms with Crippen LogP contribution < -0.4 is 5.73 Å². The summed E-state index contributed by atoms with van der Waals surface area (Å²) in [6.45, 7) is 1.27. The Bertz CT molecular complexity index is 461. The maximum absolute atomic E-state index is 13.1. The molecule has 0 bridgehead atoms. The average Bonchev–Trinajstić information content (AvgIpc) is 3.13. The van der Waals surface area contributed by atoms with Crippen LogP contribution in [0.1, 0.15) is 44.1 Å². The molecule has 2 aliphatic carbocycles. The molecule has 3 rings (SSSR count). The molecule has 0 spiro atoms. The highest BCUT2D eigenvalue weighted by Crippen LogP contribution is 2.50. The predicted octanol–water partition coefficient (Wildman–Crippen LogP) is 2.45. The zero-order valence-corrected chi connectivity index (χ0v) is 12.1. The Hall–Kier alpha value is -1.35. The molecule has 1 amide bonds. The molecule has 20 heavy (non-hydrogen) atoms. The number of hydrogen-bond acceptors (Lipinski definition) is 2. The summed E-state index contributed by atoms with van der Waals surface area (Å²) in [5, 5.41) is 0. The van der Waals surface area contributed by atoms with Gasteiger partial charge < -0.3 is 10.6 Å². The molecule has 2 saturated carbocycles. The minimum Gasteiger partial charge on any atom is -0.338 e. The highest BCUT2D eigenvalue weighted by Gasteiger charge is 2.53. The first-order chi connectivity index (χ1) is 9.78. The van der Waals surface area contributed by atoms with E-state index in [9.17, 15) is 4.79 Å². The second kappa shape index (κ2) is 5.57. The number of nitrogens with zero attached hydrogens (tertiary/aromatic N) is 1. The van der Waals surface area contributed by atoms with Crippen LogP contribution >= 0.6 is 0 Å². The van der Waals surface area contributed by atoms with Gasteiger partial charge in [-0.05, 0) is 31.2 Å². The van der Waals surface area contributed by atoms with Crippen molar-refractivity contribution in [2.24, 2.45) is 5.73 Å². The Kier molecular flexibility index (Phi) is 3.79. The van der Waals surface area contributed by atoms with E-state index in [1.165, 1.54) is 18.4 Å². The standard InChI is InChI=1S/C17H24N2O/c18-12-13-19(15-8-4-5-9-15)16(20)17(10-11-17)14-6-2-1-3-7-14/h1-3,6-7,15H,4-5,8-13,18H2. The van der Waals surface area contributed by atoms with Crippen molar-refractivity contribution in [2.75, 3.05) is 13.1 Å². The summed E-state index contributed by atoms with van der Waals surface area (Å²) in [7, 11) is 0. The van der Waals surface area contributed by atoms with Crippen LogP contribution in [0.2, 0.25) is 0 Å². The van der Waals surface area contributed by atoms with E-state index in [1.807, 2.05) is 18.2 Å². The Morgan fingerprint density at radius 1 is 1.20 bits per heavy atom. The molecule has 2 aliphatic rings. The van der Waals surface area contributed by atoms with Gasteiger partial charge in [0, 0.05) is 19.1 Å². The van der Waals surface area contributed by atoms with Crippen LogP contribution in [0.25, 0.3) is 0 Å². The third kappa shape index (κ3) is 2.35. The Morgan fingerprint density at radius 3 is 2.40 bits per heavy atom. The maximum Gasteiger partial charge on any atom is 0.233 e. The lowest BCUT2D eigenvalue weighted by molar-refractivity contribution is -0.136. The minimum atomic E-state index is -0.237. The van der Waals surface area contributed by atoms with Crippen LogP contribution in [0.15, 0.2) is 30.3 Å². The number of nitrogens with two attached hydrogens (primary N) is 1. The zero-order chi connectivity index (χ0) is 14.0. The molecule has 0 aromatic heterocycles. The van der Waals surface area contributed by atoms with Crippen molar-refractivity contribution in [3.05, 3.63) is 35.9 Å². The van der Waals surface area contributed by atoms with Gasteiger partial charge in [0.15, 0.2) is 0 Å². The fourth-order valence-electron chi connectivity index (χ4n) is 3.59. The highest BCUT2D eigenvalue weighted by molar-refractivity contribution is 5.91. The van der Waals surface area contributed by atoms with Gasteiger partial charge in [0.1, 0.15) is 0 Å². The molecule has 2 fully saturated rings. The van der Waals surface area contributed by atoms with Crippen molar-refractivity contribution in [1.29, 1.82) is 0 Å². The smallest absolute Gasteiger partial charge is 0.233 e. The van der Waals surface area contributed by atoms with E-state index >= 15 is 0 Å². The maximum atomic E-state index is 13.1. The van der Waals surface area contributed by atoms with Gasteiger partial charge in [-0.2, -0.15) is 0 Å².